The maximum Gasteiger partial charge on any atom is 0.274 e. The van der Waals surface area contributed by atoms with Gasteiger partial charge in [0.25, 0.3) is 5.91 Å². The topological polar surface area (TPSA) is 63.2 Å². The lowest BCUT2D eigenvalue weighted by Crippen LogP contribution is -2.14. The van der Waals surface area contributed by atoms with Gasteiger partial charge in [-0.1, -0.05) is 11.6 Å². The van der Waals surface area contributed by atoms with Gasteiger partial charge in [0.2, 0.25) is 0 Å². The van der Waals surface area contributed by atoms with Crippen LogP contribution < -0.4 is 15.4 Å². The van der Waals surface area contributed by atoms with Crippen molar-refractivity contribution in [3.63, 3.8) is 0 Å². The summed E-state index contributed by atoms with van der Waals surface area (Å²) >= 11 is 5.95. The van der Waals surface area contributed by atoms with Crippen molar-refractivity contribution in [3.8, 4) is 5.75 Å². The van der Waals surface area contributed by atoms with Crippen molar-refractivity contribution in [1.29, 1.82) is 0 Å². The Morgan fingerprint density at radius 1 is 1.04 bits per heavy atom. The summed E-state index contributed by atoms with van der Waals surface area (Å²) in [6.07, 6.45) is 1.59. The number of amides is 1. The Bertz CT molecular complexity index is 927. The number of aryl methyl sites for hydroxylation is 1. The van der Waals surface area contributed by atoms with E-state index in [4.69, 9.17) is 16.3 Å². The largest absolute Gasteiger partial charge is 0.497 e. The van der Waals surface area contributed by atoms with E-state index in [1.165, 1.54) is 0 Å². The summed E-state index contributed by atoms with van der Waals surface area (Å²) in [5.74, 6) is 0.498. The van der Waals surface area contributed by atoms with Crippen molar-refractivity contribution in [2.24, 2.45) is 0 Å². The average Bonchev–Trinajstić information content (AvgIpc) is 2.65. The van der Waals surface area contributed by atoms with Crippen LogP contribution in [0.5, 0.6) is 5.75 Å². The van der Waals surface area contributed by atoms with E-state index >= 15 is 0 Å². The number of hydrogen-bond acceptors (Lipinski definition) is 4. The molecule has 2 N–H and O–H groups in total. The van der Waals surface area contributed by atoms with E-state index < -0.39 is 0 Å². The first-order valence-electron chi connectivity index (χ1n) is 8.00. The van der Waals surface area contributed by atoms with Crippen molar-refractivity contribution < 1.29 is 9.53 Å². The number of aromatic nitrogens is 1. The van der Waals surface area contributed by atoms with E-state index in [2.05, 4.69) is 15.6 Å². The van der Waals surface area contributed by atoms with Crippen LogP contribution in [-0.2, 0) is 0 Å². The van der Waals surface area contributed by atoms with Gasteiger partial charge in [-0.25, -0.2) is 0 Å². The fourth-order valence-electron chi connectivity index (χ4n) is 2.43. The number of nitrogens with one attached hydrogen (secondary N) is 2. The predicted octanol–water partition coefficient (Wildman–Crippen LogP) is 5.05. The maximum atomic E-state index is 12.5. The molecule has 2 aromatic carbocycles. The second-order valence-corrected chi connectivity index (χ2v) is 6.13. The fraction of sp³-hybridized carbons (Fsp3) is 0.100. The molecule has 1 heterocycles. The van der Waals surface area contributed by atoms with Crippen molar-refractivity contribution >= 4 is 34.6 Å². The van der Waals surface area contributed by atoms with Crippen LogP contribution in [0.15, 0.2) is 60.8 Å². The SMILES string of the molecule is COc1ccc(Nc2ccnc(C(=O)Nc3ccc(Cl)cc3C)c2)cc1. The zero-order valence-electron chi connectivity index (χ0n) is 14.4. The highest BCUT2D eigenvalue weighted by atomic mass is 35.5. The number of hydrogen-bond donors (Lipinski definition) is 2. The minimum atomic E-state index is -0.284. The number of nitrogens with zero attached hydrogens (tertiary/aromatic N) is 1. The maximum absolute atomic E-state index is 12.5. The Kier molecular flexibility index (Phi) is 5.39. The molecular weight excluding hydrogens is 350 g/mol. The number of carbonyl (C=O) groups is 1. The number of pyridine rings is 1. The molecule has 0 spiro atoms. The van der Waals surface area contributed by atoms with Gasteiger partial charge in [-0.3, -0.25) is 9.78 Å². The Morgan fingerprint density at radius 2 is 1.81 bits per heavy atom. The van der Waals surface area contributed by atoms with E-state index in [9.17, 15) is 4.79 Å². The molecule has 6 heteroatoms. The fourth-order valence-corrected chi connectivity index (χ4v) is 2.65. The van der Waals surface area contributed by atoms with Crippen LogP contribution in [0.3, 0.4) is 0 Å². The van der Waals surface area contributed by atoms with Crippen LogP contribution in [0.1, 0.15) is 16.1 Å². The summed E-state index contributed by atoms with van der Waals surface area (Å²) in [5, 5.41) is 6.72. The molecule has 3 rings (SSSR count). The molecule has 1 aromatic heterocycles. The summed E-state index contributed by atoms with van der Waals surface area (Å²) in [4.78, 5) is 16.6. The first kappa shape index (κ1) is 17.8. The predicted molar refractivity (Wildman–Crippen MR) is 105 cm³/mol. The Morgan fingerprint density at radius 3 is 2.50 bits per heavy atom. The number of methoxy groups -OCH3 is 1. The van der Waals surface area contributed by atoms with E-state index in [-0.39, 0.29) is 5.91 Å². The summed E-state index contributed by atoms with van der Waals surface area (Å²) in [5.41, 5.74) is 3.56. The van der Waals surface area contributed by atoms with Gasteiger partial charge in [-0.15, -0.1) is 0 Å². The highest BCUT2D eigenvalue weighted by molar-refractivity contribution is 6.30. The van der Waals surface area contributed by atoms with Crippen LogP contribution in [-0.4, -0.2) is 18.0 Å². The van der Waals surface area contributed by atoms with Crippen molar-refractivity contribution in [1.82, 2.24) is 4.98 Å². The molecule has 26 heavy (non-hydrogen) atoms. The minimum absolute atomic E-state index is 0.284. The van der Waals surface area contributed by atoms with Gasteiger partial charge in [0.15, 0.2) is 0 Å². The Balaban J connectivity index is 1.74. The molecule has 0 bridgehead atoms. The second kappa shape index (κ2) is 7.89. The molecule has 0 radical (unpaired) electrons. The molecular formula is C20H18ClN3O2. The number of carbonyl (C=O) groups excluding carboxylic acids is 1. The standard InChI is InChI=1S/C20H18ClN3O2/c1-13-11-14(21)3-8-18(13)24-20(25)19-12-16(9-10-22-19)23-15-4-6-17(26-2)7-5-15/h3-12H,1-2H3,(H,22,23)(H,24,25). The molecule has 0 saturated carbocycles. The van der Waals surface area contributed by atoms with Crippen LogP contribution >= 0.6 is 11.6 Å². The molecule has 0 aliphatic rings. The lowest BCUT2D eigenvalue weighted by molar-refractivity contribution is 0.102. The monoisotopic (exact) mass is 367 g/mol. The van der Waals surface area contributed by atoms with Crippen LogP contribution in [0.2, 0.25) is 5.02 Å². The quantitative estimate of drug-likeness (QED) is 0.662. The minimum Gasteiger partial charge on any atom is -0.497 e. The lowest BCUT2D eigenvalue weighted by atomic mass is 10.2. The van der Waals surface area contributed by atoms with Crippen molar-refractivity contribution in [2.75, 3.05) is 17.7 Å². The second-order valence-electron chi connectivity index (χ2n) is 5.70. The molecule has 132 valence electrons. The molecule has 0 aliphatic carbocycles. The summed E-state index contributed by atoms with van der Waals surface area (Å²) < 4.78 is 5.14. The summed E-state index contributed by atoms with van der Waals surface area (Å²) in [6, 6.07) is 16.3. The molecule has 0 fully saturated rings. The average molecular weight is 368 g/mol. The van der Waals surface area contributed by atoms with E-state index in [0.29, 0.717) is 16.4 Å². The first-order chi connectivity index (χ1) is 12.5. The van der Waals surface area contributed by atoms with E-state index in [0.717, 1.165) is 22.7 Å². The van der Waals surface area contributed by atoms with Gasteiger partial charge >= 0.3 is 0 Å². The molecule has 0 atom stereocenters. The molecule has 0 unspecified atom stereocenters. The van der Waals surface area contributed by atoms with Crippen molar-refractivity contribution in [2.45, 2.75) is 6.92 Å². The molecule has 0 aliphatic heterocycles. The van der Waals surface area contributed by atoms with Gasteiger partial charge in [-0.2, -0.15) is 0 Å². The molecule has 3 aromatic rings. The van der Waals surface area contributed by atoms with E-state index in [1.54, 1.807) is 43.6 Å². The van der Waals surface area contributed by atoms with Gasteiger partial charge in [-0.05, 0) is 67.1 Å². The highest BCUT2D eigenvalue weighted by Gasteiger charge is 2.10. The lowest BCUT2D eigenvalue weighted by Gasteiger charge is -2.10. The number of rotatable bonds is 5. The van der Waals surface area contributed by atoms with Crippen LogP contribution in [0, 0.1) is 6.92 Å². The van der Waals surface area contributed by atoms with Gasteiger partial charge in [0, 0.05) is 28.3 Å². The van der Waals surface area contributed by atoms with Crippen molar-refractivity contribution in [3.05, 3.63) is 77.1 Å². The smallest absolute Gasteiger partial charge is 0.274 e. The Labute approximate surface area is 157 Å². The highest BCUT2D eigenvalue weighted by Crippen LogP contribution is 2.22. The van der Waals surface area contributed by atoms with Crippen LogP contribution in [0.4, 0.5) is 17.1 Å². The number of ether oxygens (including phenoxy) is 1. The third-order valence-corrected chi connectivity index (χ3v) is 4.04. The zero-order chi connectivity index (χ0) is 18.5. The normalized spacial score (nSPS) is 10.3. The van der Waals surface area contributed by atoms with Crippen LogP contribution in [0.25, 0.3) is 0 Å². The van der Waals surface area contributed by atoms with E-state index in [1.807, 2.05) is 31.2 Å². The first-order valence-corrected chi connectivity index (χ1v) is 8.37. The van der Waals surface area contributed by atoms with Gasteiger partial charge < -0.3 is 15.4 Å². The number of halogens is 1. The molecule has 1 amide bonds. The summed E-state index contributed by atoms with van der Waals surface area (Å²) in [7, 11) is 1.62. The van der Waals surface area contributed by atoms with Gasteiger partial charge in [0.05, 0.1) is 7.11 Å². The molecule has 5 nitrogen and oxygen atoms in total. The Hall–Kier alpha value is -3.05. The summed E-state index contributed by atoms with van der Waals surface area (Å²) in [6.45, 7) is 1.89. The number of benzene rings is 2. The molecule has 0 saturated heterocycles. The zero-order valence-corrected chi connectivity index (χ0v) is 15.2. The van der Waals surface area contributed by atoms with Gasteiger partial charge in [0.1, 0.15) is 11.4 Å². The number of anilines is 3. The third-order valence-electron chi connectivity index (χ3n) is 3.81. The third kappa shape index (κ3) is 4.32.